The number of halogens is 4. The number of nitrogens with zero attached hydrogens (tertiary/aromatic N) is 1. The van der Waals surface area contributed by atoms with E-state index < -0.39 is 11.7 Å². The Bertz CT molecular complexity index is 407. The molecule has 18 heavy (non-hydrogen) atoms. The molecule has 1 heterocycles. The molecule has 2 nitrogen and oxygen atoms in total. The van der Waals surface area contributed by atoms with Crippen molar-refractivity contribution < 1.29 is 13.2 Å². The minimum Gasteiger partial charge on any atom is -0.314 e. The zero-order valence-corrected chi connectivity index (χ0v) is 11.2. The van der Waals surface area contributed by atoms with Crippen molar-refractivity contribution in [2.75, 3.05) is 6.54 Å². The van der Waals surface area contributed by atoms with Crippen LogP contribution in [0.25, 0.3) is 0 Å². The molecule has 0 spiro atoms. The molecule has 1 rings (SSSR count). The SMILES string of the molecule is CCNC(C)C(C)c1ncc(C(F)(F)F)cc1Cl. The highest BCUT2D eigenvalue weighted by molar-refractivity contribution is 6.31. The van der Waals surface area contributed by atoms with Gasteiger partial charge in [-0.15, -0.1) is 0 Å². The second-order valence-corrected chi connectivity index (χ2v) is 4.63. The Morgan fingerprint density at radius 3 is 2.44 bits per heavy atom. The van der Waals surface area contributed by atoms with Crippen LogP contribution in [0.5, 0.6) is 0 Å². The number of alkyl halides is 3. The van der Waals surface area contributed by atoms with E-state index in [0.29, 0.717) is 5.69 Å². The first-order valence-electron chi connectivity index (χ1n) is 5.73. The maximum atomic E-state index is 12.5. The van der Waals surface area contributed by atoms with Crippen LogP contribution in [0.4, 0.5) is 13.2 Å². The molecule has 0 aliphatic heterocycles. The summed E-state index contributed by atoms with van der Waals surface area (Å²) in [6.45, 7) is 6.58. The highest BCUT2D eigenvalue weighted by Crippen LogP contribution is 2.33. The summed E-state index contributed by atoms with van der Waals surface area (Å²) < 4.78 is 37.4. The van der Waals surface area contributed by atoms with Gasteiger partial charge < -0.3 is 5.32 Å². The third-order valence-electron chi connectivity index (χ3n) is 2.90. The van der Waals surface area contributed by atoms with E-state index in [4.69, 9.17) is 11.6 Å². The van der Waals surface area contributed by atoms with Gasteiger partial charge in [-0.2, -0.15) is 13.2 Å². The van der Waals surface area contributed by atoms with Gasteiger partial charge in [-0.3, -0.25) is 4.98 Å². The van der Waals surface area contributed by atoms with Crippen LogP contribution in [0.2, 0.25) is 5.02 Å². The van der Waals surface area contributed by atoms with E-state index >= 15 is 0 Å². The zero-order valence-electron chi connectivity index (χ0n) is 10.5. The van der Waals surface area contributed by atoms with Crippen molar-refractivity contribution in [3.63, 3.8) is 0 Å². The Labute approximate surface area is 110 Å². The van der Waals surface area contributed by atoms with Crippen LogP contribution in [0.1, 0.15) is 37.9 Å². The Morgan fingerprint density at radius 1 is 1.39 bits per heavy atom. The highest BCUT2D eigenvalue weighted by Gasteiger charge is 2.32. The summed E-state index contributed by atoms with van der Waals surface area (Å²) in [5, 5.41) is 3.25. The summed E-state index contributed by atoms with van der Waals surface area (Å²) in [4.78, 5) is 3.86. The molecule has 0 aliphatic rings. The van der Waals surface area contributed by atoms with Gasteiger partial charge in [0.2, 0.25) is 0 Å². The smallest absolute Gasteiger partial charge is 0.314 e. The summed E-state index contributed by atoms with van der Waals surface area (Å²) >= 11 is 5.88. The molecule has 102 valence electrons. The molecule has 0 saturated carbocycles. The number of aromatic nitrogens is 1. The molecule has 0 fully saturated rings. The molecule has 0 saturated heterocycles. The van der Waals surface area contributed by atoms with Gasteiger partial charge in [0.05, 0.1) is 16.3 Å². The molecule has 0 aromatic carbocycles. The number of rotatable bonds is 4. The van der Waals surface area contributed by atoms with Crippen LogP contribution in [0.3, 0.4) is 0 Å². The van der Waals surface area contributed by atoms with Crippen LogP contribution in [0, 0.1) is 0 Å². The summed E-state index contributed by atoms with van der Waals surface area (Å²) in [6, 6.07) is 1.02. The van der Waals surface area contributed by atoms with Gasteiger partial charge in [0.25, 0.3) is 0 Å². The predicted molar refractivity (Wildman–Crippen MR) is 65.8 cm³/mol. The number of likely N-dealkylation sites (N-methyl/N-ethyl adjacent to an activating group) is 1. The Morgan fingerprint density at radius 2 is 2.00 bits per heavy atom. The lowest BCUT2D eigenvalue weighted by Gasteiger charge is -2.21. The number of pyridine rings is 1. The van der Waals surface area contributed by atoms with Crippen molar-refractivity contribution in [3.8, 4) is 0 Å². The van der Waals surface area contributed by atoms with Gasteiger partial charge in [0.1, 0.15) is 0 Å². The molecule has 1 aromatic rings. The lowest BCUT2D eigenvalue weighted by molar-refractivity contribution is -0.137. The van der Waals surface area contributed by atoms with Crippen LogP contribution >= 0.6 is 11.6 Å². The second kappa shape index (κ2) is 5.89. The molecule has 2 atom stereocenters. The highest BCUT2D eigenvalue weighted by atomic mass is 35.5. The fourth-order valence-electron chi connectivity index (χ4n) is 1.67. The average molecular weight is 281 g/mol. The largest absolute Gasteiger partial charge is 0.417 e. The molecule has 0 amide bonds. The zero-order chi connectivity index (χ0) is 13.9. The van der Waals surface area contributed by atoms with Crippen molar-refractivity contribution in [1.82, 2.24) is 10.3 Å². The van der Waals surface area contributed by atoms with E-state index in [-0.39, 0.29) is 17.0 Å². The number of hydrogen-bond donors (Lipinski definition) is 1. The van der Waals surface area contributed by atoms with Crippen molar-refractivity contribution in [2.24, 2.45) is 0 Å². The van der Waals surface area contributed by atoms with Crippen molar-refractivity contribution >= 4 is 11.6 Å². The van der Waals surface area contributed by atoms with Crippen molar-refractivity contribution in [1.29, 1.82) is 0 Å². The fraction of sp³-hybridized carbons (Fsp3) is 0.583. The second-order valence-electron chi connectivity index (χ2n) is 4.22. The lowest BCUT2D eigenvalue weighted by atomic mass is 9.98. The summed E-state index contributed by atoms with van der Waals surface area (Å²) in [5.74, 6) is -0.0558. The first kappa shape index (κ1) is 15.2. The molecule has 6 heteroatoms. The van der Waals surface area contributed by atoms with Crippen LogP contribution in [-0.2, 0) is 6.18 Å². The van der Waals surface area contributed by atoms with Crippen LogP contribution in [-0.4, -0.2) is 17.6 Å². The summed E-state index contributed by atoms with van der Waals surface area (Å²) in [6.07, 6.45) is -3.58. The maximum Gasteiger partial charge on any atom is 0.417 e. The maximum absolute atomic E-state index is 12.5. The minimum atomic E-state index is -4.41. The van der Waals surface area contributed by atoms with Gasteiger partial charge in [-0.25, -0.2) is 0 Å². The molecule has 1 N–H and O–H groups in total. The van der Waals surface area contributed by atoms with Crippen LogP contribution < -0.4 is 5.32 Å². The average Bonchev–Trinajstić information content (AvgIpc) is 2.27. The Kier molecular flexibility index (Phi) is 4.99. The molecule has 1 aromatic heterocycles. The van der Waals surface area contributed by atoms with Gasteiger partial charge >= 0.3 is 6.18 Å². The molecule has 0 radical (unpaired) electrons. The van der Waals surface area contributed by atoms with Gasteiger partial charge in [-0.05, 0) is 19.5 Å². The topological polar surface area (TPSA) is 24.9 Å². The van der Waals surface area contributed by atoms with Gasteiger partial charge in [0, 0.05) is 18.2 Å². The summed E-state index contributed by atoms with van der Waals surface area (Å²) in [7, 11) is 0. The van der Waals surface area contributed by atoms with E-state index in [0.717, 1.165) is 18.8 Å². The van der Waals surface area contributed by atoms with Crippen LogP contribution in [0.15, 0.2) is 12.3 Å². The molecule has 2 unspecified atom stereocenters. The molecule has 0 aliphatic carbocycles. The van der Waals surface area contributed by atoms with Crippen molar-refractivity contribution in [3.05, 3.63) is 28.5 Å². The normalized spacial score (nSPS) is 15.5. The molecule has 0 bridgehead atoms. The third kappa shape index (κ3) is 3.59. The third-order valence-corrected chi connectivity index (χ3v) is 3.21. The Balaban J connectivity index is 2.99. The first-order chi connectivity index (χ1) is 8.27. The quantitative estimate of drug-likeness (QED) is 0.906. The Hall–Kier alpha value is -0.810. The fourth-order valence-corrected chi connectivity index (χ4v) is 2.01. The molecular formula is C12H16ClF3N2. The van der Waals surface area contributed by atoms with E-state index in [1.807, 2.05) is 20.8 Å². The first-order valence-corrected chi connectivity index (χ1v) is 6.11. The van der Waals surface area contributed by atoms with E-state index in [2.05, 4.69) is 10.3 Å². The minimum absolute atomic E-state index is 0.0558. The summed E-state index contributed by atoms with van der Waals surface area (Å²) in [5.41, 5.74) is -0.335. The van der Waals surface area contributed by atoms with E-state index in [9.17, 15) is 13.2 Å². The van der Waals surface area contributed by atoms with E-state index in [1.54, 1.807) is 0 Å². The monoisotopic (exact) mass is 280 g/mol. The van der Waals surface area contributed by atoms with Gasteiger partial charge in [-0.1, -0.05) is 25.4 Å². The lowest BCUT2D eigenvalue weighted by Crippen LogP contribution is -2.31. The number of nitrogens with one attached hydrogen (secondary N) is 1. The standard InChI is InChI=1S/C12H16ClF3N2/c1-4-17-8(3)7(2)11-10(13)5-9(6-18-11)12(14,15)16/h5-8,17H,4H2,1-3H3. The van der Waals surface area contributed by atoms with Crippen molar-refractivity contribution in [2.45, 2.75) is 38.9 Å². The van der Waals surface area contributed by atoms with Gasteiger partial charge in [0.15, 0.2) is 0 Å². The predicted octanol–water partition coefficient (Wildman–Crippen LogP) is 3.86. The number of hydrogen-bond acceptors (Lipinski definition) is 2. The van der Waals surface area contributed by atoms with E-state index in [1.165, 1.54) is 0 Å². The molecular weight excluding hydrogens is 265 g/mol.